The van der Waals surface area contributed by atoms with E-state index in [1.165, 1.54) is 36.4 Å². The topological polar surface area (TPSA) is 140 Å². The average molecular weight is 592 g/mol. The number of benzene rings is 3. The number of ether oxygens (including phenoxy) is 2. The number of nitrogens with one attached hydrogen (secondary N) is 3. The molecule has 10 nitrogen and oxygen atoms in total. The molecule has 0 radical (unpaired) electrons. The summed E-state index contributed by atoms with van der Waals surface area (Å²) in [6, 6.07) is 18.8. The fourth-order valence-electron chi connectivity index (χ4n) is 3.53. The molecule has 3 N–H and O–H groups in total. The lowest BCUT2D eigenvalue weighted by Gasteiger charge is -2.20. The van der Waals surface area contributed by atoms with Gasteiger partial charge in [-0.05, 0) is 74.1 Å². The number of anilines is 2. The summed E-state index contributed by atoms with van der Waals surface area (Å²) in [4.78, 5) is 12.3. The van der Waals surface area contributed by atoms with E-state index in [4.69, 9.17) is 21.7 Å². The molecule has 39 heavy (non-hydrogen) atoms. The lowest BCUT2D eigenvalue weighted by Crippen LogP contribution is -2.31. The van der Waals surface area contributed by atoms with Crippen molar-refractivity contribution in [2.24, 2.45) is 0 Å². The molecule has 3 rings (SSSR count). The van der Waals surface area contributed by atoms with Crippen LogP contribution in [-0.4, -0.2) is 41.2 Å². The Hall–Kier alpha value is -3.52. The smallest absolute Gasteiger partial charge is 0.307 e. The van der Waals surface area contributed by atoms with Crippen molar-refractivity contribution in [3.63, 3.8) is 0 Å². The molecule has 0 aliphatic heterocycles. The Labute approximate surface area is 233 Å². The summed E-state index contributed by atoms with van der Waals surface area (Å²) in [6.45, 7) is 3.91. The molecule has 0 aromatic heterocycles. The first-order valence-corrected chi connectivity index (χ1v) is 15.3. The van der Waals surface area contributed by atoms with Crippen LogP contribution in [0.4, 0.5) is 11.4 Å². The largest absolute Gasteiger partial charge is 0.471 e. The highest BCUT2D eigenvalue weighted by atomic mass is 32.2. The van der Waals surface area contributed by atoms with E-state index in [1.54, 1.807) is 56.3 Å². The van der Waals surface area contributed by atoms with Crippen LogP contribution in [0.3, 0.4) is 0 Å². The molecule has 208 valence electrons. The number of hydrogen-bond donors (Lipinski definition) is 3. The SMILES string of the molecule is CCOC(=O)CC(NS(=O)(=O)c1ccccc1)c1cccc(NS(=O)(=O)c2cccc(NC(=S)OCC)c2)c1. The summed E-state index contributed by atoms with van der Waals surface area (Å²) < 4.78 is 67.5. The van der Waals surface area contributed by atoms with Crippen molar-refractivity contribution >= 4 is 54.8 Å². The van der Waals surface area contributed by atoms with Gasteiger partial charge in [0.1, 0.15) is 0 Å². The van der Waals surface area contributed by atoms with Crippen molar-refractivity contribution in [3.8, 4) is 0 Å². The number of esters is 1. The van der Waals surface area contributed by atoms with Crippen molar-refractivity contribution in [2.45, 2.75) is 36.1 Å². The fraction of sp³-hybridized carbons (Fsp3) is 0.231. The van der Waals surface area contributed by atoms with Gasteiger partial charge < -0.3 is 14.8 Å². The Morgan fingerprint density at radius 3 is 2.13 bits per heavy atom. The lowest BCUT2D eigenvalue weighted by atomic mass is 10.0. The summed E-state index contributed by atoms with van der Waals surface area (Å²) in [6.07, 6.45) is -0.302. The van der Waals surface area contributed by atoms with Gasteiger partial charge in [-0.15, -0.1) is 0 Å². The molecule has 3 aromatic rings. The number of hydrogen-bond acceptors (Lipinski definition) is 8. The van der Waals surface area contributed by atoms with E-state index in [2.05, 4.69) is 14.8 Å². The first-order chi connectivity index (χ1) is 18.5. The normalized spacial score (nSPS) is 12.3. The van der Waals surface area contributed by atoms with Gasteiger partial charge >= 0.3 is 5.97 Å². The zero-order valence-electron chi connectivity index (χ0n) is 21.3. The van der Waals surface area contributed by atoms with Gasteiger partial charge in [-0.3, -0.25) is 9.52 Å². The van der Waals surface area contributed by atoms with Crippen molar-refractivity contribution in [1.82, 2.24) is 4.72 Å². The summed E-state index contributed by atoms with van der Waals surface area (Å²) in [5.41, 5.74) is 0.957. The maximum absolute atomic E-state index is 13.1. The summed E-state index contributed by atoms with van der Waals surface area (Å²) in [5, 5.41) is 2.92. The summed E-state index contributed by atoms with van der Waals surface area (Å²) >= 11 is 5.05. The van der Waals surface area contributed by atoms with E-state index < -0.39 is 32.1 Å². The van der Waals surface area contributed by atoms with E-state index in [1.807, 2.05) is 0 Å². The molecule has 3 aromatic carbocycles. The maximum atomic E-state index is 13.1. The number of sulfonamides is 2. The Balaban J connectivity index is 1.88. The van der Waals surface area contributed by atoms with Gasteiger partial charge in [0.05, 0.1) is 35.5 Å². The summed E-state index contributed by atoms with van der Waals surface area (Å²) in [5.74, 6) is -0.612. The van der Waals surface area contributed by atoms with Gasteiger partial charge in [0.15, 0.2) is 0 Å². The molecule has 13 heteroatoms. The number of rotatable bonds is 12. The standard InChI is InChI=1S/C26H29N3O7S3/c1-3-35-25(30)18-24(29-38(31,32)22-13-6-5-7-14-22)19-10-8-12-21(16-19)28-39(33,34)23-15-9-11-20(17-23)27-26(37)36-4-2/h5-17,24,28-29H,3-4,18H2,1-2H3,(H,27,37). The Kier molecular flexibility index (Phi) is 10.4. The second-order valence-corrected chi connectivity index (χ2v) is 11.9. The summed E-state index contributed by atoms with van der Waals surface area (Å²) in [7, 11) is -8.04. The van der Waals surface area contributed by atoms with Crippen LogP contribution in [0.15, 0.2) is 88.7 Å². The predicted molar refractivity (Wildman–Crippen MR) is 152 cm³/mol. The first-order valence-electron chi connectivity index (χ1n) is 11.9. The Morgan fingerprint density at radius 1 is 0.795 bits per heavy atom. The van der Waals surface area contributed by atoms with Crippen molar-refractivity contribution in [1.29, 1.82) is 0 Å². The number of carbonyl (C=O) groups is 1. The Morgan fingerprint density at radius 2 is 1.44 bits per heavy atom. The van der Waals surface area contributed by atoms with Crippen LogP contribution in [0.25, 0.3) is 0 Å². The predicted octanol–water partition coefficient (Wildman–Crippen LogP) is 4.19. The van der Waals surface area contributed by atoms with E-state index in [0.717, 1.165) is 0 Å². The molecular formula is C26H29N3O7S3. The van der Waals surface area contributed by atoms with Crippen LogP contribution in [0.2, 0.25) is 0 Å². The second kappa shape index (κ2) is 13.5. The maximum Gasteiger partial charge on any atom is 0.307 e. The third-order valence-electron chi connectivity index (χ3n) is 5.23. The lowest BCUT2D eigenvalue weighted by molar-refractivity contribution is -0.143. The second-order valence-electron chi connectivity index (χ2n) is 8.10. The van der Waals surface area contributed by atoms with Gasteiger partial charge in [0.25, 0.3) is 15.2 Å². The molecular weight excluding hydrogens is 563 g/mol. The van der Waals surface area contributed by atoms with E-state index in [0.29, 0.717) is 17.9 Å². The van der Waals surface area contributed by atoms with Gasteiger partial charge in [-0.1, -0.05) is 36.4 Å². The molecule has 0 bridgehead atoms. The molecule has 0 heterocycles. The molecule has 1 atom stereocenters. The van der Waals surface area contributed by atoms with Crippen LogP contribution < -0.4 is 14.8 Å². The first kappa shape index (κ1) is 30.0. The minimum atomic E-state index is -4.04. The molecule has 0 amide bonds. The highest BCUT2D eigenvalue weighted by molar-refractivity contribution is 7.92. The molecule has 0 saturated carbocycles. The quantitative estimate of drug-likeness (QED) is 0.209. The molecule has 0 aliphatic carbocycles. The highest BCUT2D eigenvalue weighted by Gasteiger charge is 2.25. The van der Waals surface area contributed by atoms with Crippen molar-refractivity contribution in [3.05, 3.63) is 84.4 Å². The molecule has 1 unspecified atom stereocenters. The Bertz CT molecular complexity index is 1510. The van der Waals surface area contributed by atoms with Gasteiger partial charge in [-0.25, -0.2) is 21.6 Å². The van der Waals surface area contributed by atoms with Crippen LogP contribution in [0.5, 0.6) is 0 Å². The molecule has 0 fully saturated rings. The van der Waals surface area contributed by atoms with Crippen LogP contribution in [-0.2, 0) is 34.3 Å². The zero-order valence-corrected chi connectivity index (χ0v) is 23.7. The van der Waals surface area contributed by atoms with Gasteiger partial charge in [0, 0.05) is 11.4 Å². The number of carbonyl (C=O) groups excluding carboxylic acids is 1. The van der Waals surface area contributed by atoms with Crippen LogP contribution in [0.1, 0.15) is 31.9 Å². The minimum absolute atomic E-state index is 0.0213. The van der Waals surface area contributed by atoms with Crippen molar-refractivity contribution in [2.75, 3.05) is 23.3 Å². The van der Waals surface area contributed by atoms with Crippen LogP contribution in [0, 0.1) is 0 Å². The minimum Gasteiger partial charge on any atom is -0.471 e. The fourth-order valence-corrected chi connectivity index (χ4v) is 6.10. The monoisotopic (exact) mass is 591 g/mol. The van der Waals surface area contributed by atoms with Gasteiger partial charge in [-0.2, -0.15) is 0 Å². The molecule has 0 saturated heterocycles. The highest BCUT2D eigenvalue weighted by Crippen LogP contribution is 2.26. The van der Waals surface area contributed by atoms with E-state index >= 15 is 0 Å². The van der Waals surface area contributed by atoms with E-state index in [9.17, 15) is 21.6 Å². The number of thiocarbonyl (C=S) groups is 1. The van der Waals surface area contributed by atoms with Crippen LogP contribution >= 0.6 is 12.2 Å². The van der Waals surface area contributed by atoms with Gasteiger partial charge in [0.2, 0.25) is 10.0 Å². The van der Waals surface area contributed by atoms with Crippen molar-refractivity contribution < 1.29 is 31.1 Å². The zero-order chi connectivity index (χ0) is 28.5. The third-order valence-corrected chi connectivity index (χ3v) is 8.32. The average Bonchev–Trinajstić information content (AvgIpc) is 2.89. The molecule has 0 aliphatic rings. The molecule has 0 spiro atoms. The third kappa shape index (κ3) is 8.75. The van der Waals surface area contributed by atoms with E-state index in [-0.39, 0.29) is 33.7 Å².